The van der Waals surface area contributed by atoms with Gasteiger partial charge in [-0.25, -0.2) is 0 Å². The Morgan fingerprint density at radius 3 is 2.88 bits per heavy atom. The van der Waals surface area contributed by atoms with Crippen molar-refractivity contribution in [3.63, 3.8) is 0 Å². The monoisotopic (exact) mass is 350 g/mol. The molecule has 2 aliphatic rings. The molecule has 0 bridgehead atoms. The zero-order valence-corrected chi connectivity index (χ0v) is 15.3. The maximum Gasteiger partial charge on any atom is 0.159 e. The number of hydrogen-bond donors (Lipinski definition) is 0. The van der Waals surface area contributed by atoms with E-state index in [1.807, 2.05) is 23.9 Å². The molecule has 0 saturated carbocycles. The van der Waals surface area contributed by atoms with Gasteiger partial charge in [0.15, 0.2) is 5.17 Å². The fourth-order valence-corrected chi connectivity index (χ4v) is 4.03. The van der Waals surface area contributed by atoms with Gasteiger partial charge in [-0.3, -0.25) is 4.99 Å². The standard InChI is InChI=1S/C18H26N2O3S/c1-21-15-7-6-14(17(11-15)22-2)12-20(13-16-5-3-9-23-16)18-19-8-4-10-24-18/h6-7,11,16H,3-5,8-10,12-13H2,1-2H3. The Bertz CT molecular complexity index is 573. The Kier molecular flexibility index (Phi) is 6.26. The second kappa shape index (κ2) is 8.62. The molecule has 6 heteroatoms. The quantitative estimate of drug-likeness (QED) is 0.788. The van der Waals surface area contributed by atoms with Crippen molar-refractivity contribution < 1.29 is 14.2 Å². The molecule has 1 fully saturated rings. The highest BCUT2D eigenvalue weighted by molar-refractivity contribution is 8.13. The molecule has 0 spiro atoms. The molecule has 2 heterocycles. The first-order valence-corrected chi connectivity index (χ1v) is 9.53. The molecule has 1 saturated heterocycles. The van der Waals surface area contributed by atoms with Gasteiger partial charge >= 0.3 is 0 Å². The van der Waals surface area contributed by atoms with Crippen LogP contribution in [0.4, 0.5) is 0 Å². The van der Waals surface area contributed by atoms with Crippen molar-refractivity contribution >= 4 is 16.9 Å². The van der Waals surface area contributed by atoms with E-state index in [1.165, 1.54) is 0 Å². The molecule has 1 aromatic rings. The number of thioether (sulfide) groups is 1. The summed E-state index contributed by atoms with van der Waals surface area (Å²) in [5.74, 6) is 2.81. The smallest absolute Gasteiger partial charge is 0.159 e. The summed E-state index contributed by atoms with van der Waals surface area (Å²) in [4.78, 5) is 7.09. The molecule has 0 radical (unpaired) electrons. The summed E-state index contributed by atoms with van der Waals surface area (Å²) in [5.41, 5.74) is 1.14. The van der Waals surface area contributed by atoms with Crippen molar-refractivity contribution in [2.45, 2.75) is 31.9 Å². The van der Waals surface area contributed by atoms with Crippen LogP contribution in [-0.2, 0) is 11.3 Å². The van der Waals surface area contributed by atoms with Crippen molar-refractivity contribution in [2.24, 2.45) is 4.99 Å². The van der Waals surface area contributed by atoms with E-state index < -0.39 is 0 Å². The van der Waals surface area contributed by atoms with Crippen LogP contribution in [0.25, 0.3) is 0 Å². The van der Waals surface area contributed by atoms with Gasteiger partial charge in [-0.15, -0.1) is 0 Å². The van der Waals surface area contributed by atoms with Gasteiger partial charge in [-0.2, -0.15) is 0 Å². The van der Waals surface area contributed by atoms with Crippen molar-refractivity contribution in [2.75, 3.05) is 39.7 Å². The number of nitrogens with zero attached hydrogens (tertiary/aromatic N) is 2. The summed E-state index contributed by atoms with van der Waals surface area (Å²) in [6.07, 6.45) is 3.76. The van der Waals surface area contributed by atoms with Crippen LogP contribution >= 0.6 is 11.8 Å². The Labute approximate surface area is 148 Å². The number of ether oxygens (including phenoxy) is 3. The summed E-state index contributed by atoms with van der Waals surface area (Å²) in [6, 6.07) is 6.00. The molecular weight excluding hydrogens is 324 g/mol. The Morgan fingerprint density at radius 2 is 2.21 bits per heavy atom. The summed E-state index contributed by atoms with van der Waals surface area (Å²) >= 11 is 1.85. The number of methoxy groups -OCH3 is 2. The van der Waals surface area contributed by atoms with Crippen LogP contribution in [0.3, 0.4) is 0 Å². The molecular formula is C18H26N2O3S. The van der Waals surface area contributed by atoms with E-state index in [1.54, 1.807) is 14.2 Å². The predicted octanol–water partition coefficient (Wildman–Crippen LogP) is 3.18. The van der Waals surface area contributed by atoms with Gasteiger partial charge in [-0.1, -0.05) is 11.8 Å². The van der Waals surface area contributed by atoms with E-state index in [9.17, 15) is 0 Å². The molecule has 2 aliphatic heterocycles. The van der Waals surface area contributed by atoms with Crippen LogP contribution in [0.15, 0.2) is 23.2 Å². The Balaban J connectivity index is 1.78. The van der Waals surface area contributed by atoms with Gasteiger partial charge < -0.3 is 19.1 Å². The fourth-order valence-electron chi connectivity index (χ4n) is 3.07. The van der Waals surface area contributed by atoms with Crippen molar-refractivity contribution in [3.8, 4) is 11.5 Å². The summed E-state index contributed by atoms with van der Waals surface area (Å²) in [5, 5.41) is 1.13. The first-order valence-electron chi connectivity index (χ1n) is 8.55. The maximum atomic E-state index is 5.85. The third-order valence-corrected chi connectivity index (χ3v) is 5.49. The molecule has 1 aromatic carbocycles. The van der Waals surface area contributed by atoms with E-state index in [-0.39, 0.29) is 0 Å². The normalized spacial score (nSPS) is 20.6. The van der Waals surface area contributed by atoms with Gasteiger partial charge in [-0.05, 0) is 31.4 Å². The van der Waals surface area contributed by atoms with E-state index in [4.69, 9.17) is 19.2 Å². The first kappa shape index (κ1) is 17.4. The number of benzene rings is 1. The van der Waals surface area contributed by atoms with Crippen molar-refractivity contribution in [1.82, 2.24) is 4.90 Å². The summed E-state index contributed by atoms with van der Waals surface area (Å²) < 4.78 is 16.7. The van der Waals surface area contributed by atoms with E-state index in [2.05, 4.69) is 11.0 Å². The van der Waals surface area contributed by atoms with Gasteiger partial charge in [0.05, 0.1) is 20.3 Å². The highest BCUT2D eigenvalue weighted by atomic mass is 32.2. The average Bonchev–Trinajstić information content (AvgIpc) is 3.15. The Morgan fingerprint density at radius 1 is 1.29 bits per heavy atom. The van der Waals surface area contributed by atoms with Gasteiger partial charge in [0.2, 0.25) is 0 Å². The number of rotatable bonds is 6. The van der Waals surface area contributed by atoms with Crippen LogP contribution < -0.4 is 9.47 Å². The molecule has 0 aromatic heterocycles. The average molecular weight is 350 g/mol. The third-order valence-electron chi connectivity index (χ3n) is 4.35. The highest BCUT2D eigenvalue weighted by Gasteiger charge is 2.23. The number of amidine groups is 1. The third kappa shape index (κ3) is 4.36. The molecule has 1 atom stereocenters. The second-order valence-corrected chi connectivity index (χ2v) is 7.12. The molecule has 1 unspecified atom stereocenters. The van der Waals surface area contributed by atoms with Gasteiger partial charge in [0.25, 0.3) is 0 Å². The van der Waals surface area contributed by atoms with E-state index in [0.29, 0.717) is 6.10 Å². The minimum atomic E-state index is 0.305. The number of hydrogen-bond acceptors (Lipinski definition) is 6. The van der Waals surface area contributed by atoms with Gasteiger partial charge in [0.1, 0.15) is 11.5 Å². The van der Waals surface area contributed by atoms with E-state index in [0.717, 1.165) is 73.5 Å². The summed E-state index contributed by atoms with van der Waals surface area (Å²) in [6.45, 7) is 3.47. The van der Waals surface area contributed by atoms with Crippen LogP contribution in [-0.4, -0.2) is 55.8 Å². The van der Waals surface area contributed by atoms with E-state index >= 15 is 0 Å². The zero-order chi connectivity index (χ0) is 16.8. The molecule has 0 aliphatic carbocycles. The molecule has 24 heavy (non-hydrogen) atoms. The molecule has 3 rings (SSSR count). The van der Waals surface area contributed by atoms with Crippen LogP contribution in [0.1, 0.15) is 24.8 Å². The molecule has 0 amide bonds. The topological polar surface area (TPSA) is 43.3 Å². The first-order chi connectivity index (χ1) is 11.8. The SMILES string of the molecule is COc1ccc(CN(CC2CCCO2)C2=NCCCS2)c(OC)c1. The van der Waals surface area contributed by atoms with Crippen LogP contribution in [0.2, 0.25) is 0 Å². The van der Waals surface area contributed by atoms with Gasteiger partial charge in [0, 0.05) is 43.6 Å². The Hall–Kier alpha value is -1.40. The lowest BCUT2D eigenvalue weighted by Gasteiger charge is -2.30. The molecule has 0 N–H and O–H groups in total. The minimum absolute atomic E-state index is 0.305. The van der Waals surface area contributed by atoms with Crippen molar-refractivity contribution in [3.05, 3.63) is 23.8 Å². The minimum Gasteiger partial charge on any atom is -0.497 e. The van der Waals surface area contributed by atoms with Crippen molar-refractivity contribution in [1.29, 1.82) is 0 Å². The summed E-state index contributed by atoms with van der Waals surface area (Å²) in [7, 11) is 3.38. The van der Waals surface area contributed by atoms with Crippen LogP contribution in [0.5, 0.6) is 11.5 Å². The second-order valence-electron chi connectivity index (χ2n) is 6.06. The largest absolute Gasteiger partial charge is 0.497 e. The zero-order valence-electron chi connectivity index (χ0n) is 14.5. The lowest BCUT2D eigenvalue weighted by molar-refractivity contribution is 0.0904. The number of aliphatic imine (C=N–C) groups is 1. The fraction of sp³-hybridized carbons (Fsp3) is 0.611. The highest BCUT2D eigenvalue weighted by Crippen LogP contribution is 2.28. The molecule has 132 valence electrons. The predicted molar refractivity (Wildman–Crippen MR) is 98.3 cm³/mol. The lowest BCUT2D eigenvalue weighted by Crippen LogP contribution is -2.36. The van der Waals surface area contributed by atoms with Crippen LogP contribution in [0, 0.1) is 0 Å². The lowest BCUT2D eigenvalue weighted by atomic mass is 10.1. The maximum absolute atomic E-state index is 5.85. The molecule has 5 nitrogen and oxygen atoms in total.